The number of amides is 1. The fourth-order valence-electron chi connectivity index (χ4n) is 2.41. The number of sulfonamides is 1. The first-order chi connectivity index (χ1) is 12.6. The predicted molar refractivity (Wildman–Crippen MR) is 97.2 cm³/mol. The van der Waals surface area contributed by atoms with Gasteiger partial charge in [-0.2, -0.15) is 0 Å². The number of allylic oxidation sites excluding steroid dienone is 2. The van der Waals surface area contributed by atoms with Crippen molar-refractivity contribution >= 4 is 36.4 Å². The van der Waals surface area contributed by atoms with Gasteiger partial charge in [0.15, 0.2) is 0 Å². The normalized spacial score (nSPS) is 22.1. The first-order valence-electron chi connectivity index (χ1n) is 7.73. The second-order valence-corrected chi connectivity index (χ2v) is 10.3. The molecule has 146 valence electrons. The summed E-state index contributed by atoms with van der Waals surface area (Å²) in [6.07, 6.45) is 5.45. The number of hydrogen-bond donors (Lipinski definition) is 2. The molecule has 0 saturated heterocycles. The molecule has 0 spiro atoms. The van der Waals surface area contributed by atoms with Crippen LogP contribution in [0.15, 0.2) is 24.3 Å². The summed E-state index contributed by atoms with van der Waals surface area (Å²) in [5.41, 5.74) is 0. The molecule has 27 heavy (non-hydrogen) atoms. The van der Waals surface area contributed by atoms with Crippen molar-refractivity contribution in [2.24, 2.45) is 5.92 Å². The number of carboxylic acids is 1. The van der Waals surface area contributed by atoms with Gasteiger partial charge in [0.05, 0.1) is 0 Å². The summed E-state index contributed by atoms with van der Waals surface area (Å²) >= 11 is -1.47. The fraction of sp³-hybridized carbons (Fsp3) is 0.400. The van der Waals surface area contributed by atoms with Gasteiger partial charge in [-0.15, -0.1) is 0 Å². The molecule has 2 N–H and O–H groups in total. The van der Waals surface area contributed by atoms with Gasteiger partial charge >= 0.3 is 163 Å². The topological polar surface area (TPSA) is 148 Å². The summed E-state index contributed by atoms with van der Waals surface area (Å²) < 4.78 is 29.9. The van der Waals surface area contributed by atoms with Crippen LogP contribution in [0.4, 0.5) is 4.79 Å². The van der Waals surface area contributed by atoms with Gasteiger partial charge in [-0.3, -0.25) is 0 Å². The SMILES string of the molecule is COc1nc(C)nc(C[AsH]C(=O)NS(=O)(=O)C2(C)C=CC=CC2C(=O)O)n1. The van der Waals surface area contributed by atoms with Crippen LogP contribution in [0.3, 0.4) is 0 Å². The Morgan fingerprint density at radius 2 is 2.04 bits per heavy atom. The standard InChI is InChI=1S/C15H19AsN4O6S/c1-9-17-11(19-14(18-9)26-3)8-16-13(23)20-27(24,25)15(2)7-5-4-6-10(15)12(21)22/h4-7,10,16H,8H2,1-3H3,(H,20,23)(H,21,22). The number of nitrogens with zero attached hydrogens (tertiary/aromatic N) is 3. The predicted octanol–water partition coefficient (Wildman–Crippen LogP) is -0.250. The molecule has 1 aromatic rings. The summed E-state index contributed by atoms with van der Waals surface area (Å²) in [5.74, 6) is -1.84. The van der Waals surface area contributed by atoms with E-state index < -0.39 is 47.1 Å². The number of aryl methyl sites for hydroxylation is 1. The van der Waals surface area contributed by atoms with Crippen molar-refractivity contribution in [1.82, 2.24) is 19.7 Å². The quantitative estimate of drug-likeness (QED) is 0.528. The molecule has 1 aliphatic carbocycles. The van der Waals surface area contributed by atoms with Crippen molar-refractivity contribution < 1.29 is 27.9 Å². The molecular weight excluding hydrogens is 439 g/mol. The van der Waals surface area contributed by atoms with E-state index in [2.05, 4.69) is 15.0 Å². The van der Waals surface area contributed by atoms with Crippen molar-refractivity contribution in [2.75, 3.05) is 7.11 Å². The average molecular weight is 458 g/mol. The van der Waals surface area contributed by atoms with Gasteiger partial charge in [-0.1, -0.05) is 0 Å². The van der Waals surface area contributed by atoms with Gasteiger partial charge < -0.3 is 0 Å². The molecule has 1 aliphatic rings. The molecule has 12 heteroatoms. The van der Waals surface area contributed by atoms with Gasteiger partial charge in [-0.05, 0) is 0 Å². The fourth-order valence-corrected chi connectivity index (χ4v) is 6.02. The molecular formula is C15H19AsN4O6S. The van der Waals surface area contributed by atoms with E-state index in [0.717, 1.165) is 0 Å². The third kappa shape index (κ3) is 4.72. The number of carboxylic acid groups (broad SMARTS) is 1. The number of hydrogen-bond acceptors (Lipinski definition) is 8. The first-order valence-corrected chi connectivity index (χ1v) is 11.7. The van der Waals surface area contributed by atoms with Gasteiger partial charge in [-0.25, -0.2) is 0 Å². The first kappa shape index (κ1) is 21.0. The zero-order valence-electron chi connectivity index (χ0n) is 14.8. The van der Waals surface area contributed by atoms with Crippen LogP contribution in [0, 0.1) is 12.8 Å². The van der Waals surface area contributed by atoms with Crippen LogP contribution in [-0.2, 0) is 20.0 Å². The Hall–Kier alpha value is -2.26. The van der Waals surface area contributed by atoms with Gasteiger partial charge in [0.2, 0.25) is 0 Å². The molecule has 0 aromatic carbocycles. The molecule has 1 aromatic heterocycles. The molecule has 0 aliphatic heterocycles. The maximum absolute atomic E-state index is 12.7. The van der Waals surface area contributed by atoms with Gasteiger partial charge in [0, 0.05) is 0 Å². The van der Waals surface area contributed by atoms with E-state index in [1.165, 1.54) is 38.3 Å². The Kier molecular flexibility index (Phi) is 6.37. The number of carbonyl (C=O) groups is 2. The average Bonchev–Trinajstić information content (AvgIpc) is 2.59. The zero-order valence-corrected chi connectivity index (χ0v) is 17.7. The van der Waals surface area contributed by atoms with Crippen molar-refractivity contribution in [2.45, 2.75) is 23.8 Å². The maximum atomic E-state index is 12.7. The van der Waals surface area contributed by atoms with E-state index >= 15 is 0 Å². The van der Waals surface area contributed by atoms with E-state index in [9.17, 15) is 23.1 Å². The molecule has 2 rings (SSSR count). The molecule has 1 amide bonds. The van der Waals surface area contributed by atoms with Crippen LogP contribution in [0.25, 0.3) is 0 Å². The van der Waals surface area contributed by atoms with Crippen molar-refractivity contribution in [3.63, 3.8) is 0 Å². The van der Waals surface area contributed by atoms with Crippen LogP contribution < -0.4 is 9.46 Å². The Morgan fingerprint density at radius 1 is 1.33 bits per heavy atom. The number of aromatic nitrogens is 3. The van der Waals surface area contributed by atoms with Crippen LogP contribution in [-0.4, -0.2) is 66.7 Å². The van der Waals surface area contributed by atoms with E-state index in [1.807, 2.05) is 4.72 Å². The second-order valence-electron chi connectivity index (χ2n) is 5.82. The van der Waals surface area contributed by atoms with Crippen molar-refractivity contribution in [1.29, 1.82) is 0 Å². The molecule has 0 fully saturated rings. The number of carbonyl (C=O) groups excluding carboxylic acids is 1. The summed E-state index contributed by atoms with van der Waals surface area (Å²) in [5, 5.41) is 9.50. The molecule has 0 bridgehead atoms. The zero-order chi connectivity index (χ0) is 20.2. The minimum absolute atomic E-state index is 0.119. The van der Waals surface area contributed by atoms with E-state index in [1.54, 1.807) is 6.92 Å². The molecule has 3 atom stereocenters. The monoisotopic (exact) mass is 458 g/mol. The summed E-state index contributed by atoms with van der Waals surface area (Å²) in [6, 6.07) is 0.119. The molecule has 3 unspecified atom stereocenters. The van der Waals surface area contributed by atoms with Crippen molar-refractivity contribution in [3.05, 3.63) is 36.0 Å². The van der Waals surface area contributed by atoms with E-state index in [0.29, 0.717) is 11.6 Å². The van der Waals surface area contributed by atoms with Gasteiger partial charge in [0.25, 0.3) is 0 Å². The van der Waals surface area contributed by atoms with Crippen molar-refractivity contribution in [3.8, 4) is 6.01 Å². The second kappa shape index (κ2) is 8.18. The Balaban J connectivity index is 2.10. The van der Waals surface area contributed by atoms with Crippen LogP contribution >= 0.6 is 0 Å². The number of aliphatic carboxylic acids is 1. The summed E-state index contributed by atoms with van der Waals surface area (Å²) in [6.45, 7) is 2.91. The minimum atomic E-state index is -4.27. The number of rotatable bonds is 7. The summed E-state index contributed by atoms with van der Waals surface area (Å²) in [4.78, 5) is 35.7. The molecule has 0 radical (unpaired) electrons. The van der Waals surface area contributed by atoms with Crippen LogP contribution in [0.1, 0.15) is 18.6 Å². The molecule has 10 nitrogen and oxygen atoms in total. The Bertz CT molecular complexity index is 917. The third-order valence-electron chi connectivity index (χ3n) is 3.89. The Labute approximate surface area is 162 Å². The summed E-state index contributed by atoms with van der Waals surface area (Å²) in [7, 11) is -2.86. The Morgan fingerprint density at radius 3 is 2.67 bits per heavy atom. The van der Waals surface area contributed by atoms with Crippen LogP contribution in [0.5, 0.6) is 6.01 Å². The number of methoxy groups -OCH3 is 1. The molecule has 1 heterocycles. The molecule has 0 saturated carbocycles. The van der Waals surface area contributed by atoms with E-state index in [-0.39, 0.29) is 11.2 Å². The number of ether oxygens (including phenoxy) is 1. The van der Waals surface area contributed by atoms with E-state index in [4.69, 9.17) is 4.74 Å². The van der Waals surface area contributed by atoms with Gasteiger partial charge in [0.1, 0.15) is 0 Å². The third-order valence-corrected chi connectivity index (χ3v) is 8.25. The number of nitrogens with one attached hydrogen (secondary N) is 1. The van der Waals surface area contributed by atoms with Crippen LogP contribution in [0.2, 0.25) is 0 Å².